The lowest BCUT2D eigenvalue weighted by Crippen LogP contribution is -2.33. The van der Waals surface area contributed by atoms with Crippen LogP contribution in [-0.4, -0.2) is 0 Å². The second-order valence-corrected chi connectivity index (χ2v) is 4.64. The lowest BCUT2D eigenvalue weighted by molar-refractivity contribution is 0.0580. The highest BCUT2D eigenvalue weighted by Crippen LogP contribution is 2.52. The molecule has 0 aliphatic heterocycles. The second-order valence-electron chi connectivity index (χ2n) is 4.64. The van der Waals surface area contributed by atoms with Crippen LogP contribution in [0.4, 0.5) is 0 Å². The van der Waals surface area contributed by atoms with Crippen molar-refractivity contribution in [1.82, 2.24) is 0 Å². The summed E-state index contributed by atoms with van der Waals surface area (Å²) in [6.07, 6.45) is 10.6. The van der Waals surface area contributed by atoms with Crippen molar-refractivity contribution in [2.24, 2.45) is 11.3 Å². The van der Waals surface area contributed by atoms with Crippen LogP contribution in [0, 0.1) is 22.7 Å². The van der Waals surface area contributed by atoms with E-state index in [0.717, 1.165) is 12.3 Å². The number of hydrogen-bond donors (Lipinski definition) is 0. The SMILES string of the molecule is N#CCCC12CCC(CC1)CC2. The average molecular weight is 163 g/mol. The van der Waals surface area contributed by atoms with E-state index in [2.05, 4.69) is 6.07 Å². The van der Waals surface area contributed by atoms with Crippen molar-refractivity contribution < 1.29 is 0 Å². The molecule has 0 atom stereocenters. The van der Waals surface area contributed by atoms with E-state index in [0.29, 0.717) is 5.41 Å². The highest BCUT2D eigenvalue weighted by atomic mass is 14.4. The molecule has 2 bridgehead atoms. The number of rotatable bonds is 2. The van der Waals surface area contributed by atoms with Crippen LogP contribution >= 0.6 is 0 Å². The normalized spacial score (nSPS) is 39.4. The molecular weight excluding hydrogens is 146 g/mol. The Hall–Kier alpha value is -0.510. The highest BCUT2D eigenvalue weighted by molar-refractivity contribution is 4.93. The van der Waals surface area contributed by atoms with Crippen molar-refractivity contribution in [3.63, 3.8) is 0 Å². The van der Waals surface area contributed by atoms with E-state index in [1.165, 1.54) is 44.9 Å². The molecule has 0 saturated heterocycles. The molecule has 3 fully saturated rings. The molecule has 1 heteroatoms. The van der Waals surface area contributed by atoms with Gasteiger partial charge in [-0.05, 0) is 56.3 Å². The van der Waals surface area contributed by atoms with Crippen molar-refractivity contribution in [3.05, 3.63) is 0 Å². The van der Waals surface area contributed by atoms with Crippen LogP contribution in [-0.2, 0) is 0 Å². The largest absolute Gasteiger partial charge is 0.198 e. The molecule has 1 nitrogen and oxygen atoms in total. The van der Waals surface area contributed by atoms with Gasteiger partial charge in [-0.15, -0.1) is 0 Å². The Morgan fingerprint density at radius 3 is 2.25 bits per heavy atom. The van der Waals surface area contributed by atoms with Crippen LogP contribution in [0.25, 0.3) is 0 Å². The smallest absolute Gasteiger partial charge is 0.0621 e. The van der Waals surface area contributed by atoms with E-state index >= 15 is 0 Å². The van der Waals surface area contributed by atoms with E-state index in [9.17, 15) is 0 Å². The van der Waals surface area contributed by atoms with Crippen LogP contribution < -0.4 is 0 Å². The minimum absolute atomic E-state index is 0.616. The van der Waals surface area contributed by atoms with Crippen molar-refractivity contribution in [1.29, 1.82) is 5.26 Å². The summed E-state index contributed by atoms with van der Waals surface area (Å²) in [5, 5.41) is 8.57. The molecular formula is C11H17N. The van der Waals surface area contributed by atoms with Crippen molar-refractivity contribution in [2.45, 2.75) is 51.4 Å². The molecule has 66 valence electrons. The molecule has 0 heterocycles. The Kier molecular flexibility index (Phi) is 2.09. The number of nitriles is 1. The fraction of sp³-hybridized carbons (Fsp3) is 0.909. The summed E-state index contributed by atoms with van der Waals surface area (Å²) >= 11 is 0. The number of fused-ring (bicyclic) bond motifs is 3. The van der Waals surface area contributed by atoms with Crippen LogP contribution in [0.1, 0.15) is 51.4 Å². The molecule has 0 N–H and O–H groups in total. The second kappa shape index (κ2) is 3.09. The molecule has 0 aromatic rings. The van der Waals surface area contributed by atoms with Crippen LogP contribution in [0.5, 0.6) is 0 Å². The summed E-state index contributed by atoms with van der Waals surface area (Å²) in [6, 6.07) is 2.29. The summed E-state index contributed by atoms with van der Waals surface area (Å²) < 4.78 is 0. The van der Waals surface area contributed by atoms with Gasteiger partial charge in [-0.2, -0.15) is 5.26 Å². The van der Waals surface area contributed by atoms with E-state index in [1.807, 2.05) is 0 Å². The first-order chi connectivity index (χ1) is 5.85. The molecule has 0 spiro atoms. The van der Waals surface area contributed by atoms with E-state index in [-0.39, 0.29) is 0 Å². The van der Waals surface area contributed by atoms with Gasteiger partial charge in [0.05, 0.1) is 6.07 Å². The Balaban J connectivity index is 1.95. The van der Waals surface area contributed by atoms with Gasteiger partial charge < -0.3 is 0 Å². The predicted molar refractivity (Wildman–Crippen MR) is 48.5 cm³/mol. The lowest BCUT2D eigenvalue weighted by Gasteiger charge is -2.46. The van der Waals surface area contributed by atoms with Crippen molar-refractivity contribution in [3.8, 4) is 6.07 Å². The topological polar surface area (TPSA) is 23.8 Å². The zero-order valence-electron chi connectivity index (χ0n) is 7.68. The minimum atomic E-state index is 0.616. The Labute approximate surface area is 74.8 Å². The van der Waals surface area contributed by atoms with Gasteiger partial charge >= 0.3 is 0 Å². The molecule has 0 aromatic carbocycles. The highest BCUT2D eigenvalue weighted by Gasteiger charge is 2.39. The molecule has 0 amide bonds. The molecule has 0 unspecified atom stereocenters. The molecule has 12 heavy (non-hydrogen) atoms. The first-order valence-electron chi connectivity index (χ1n) is 5.22. The standard InChI is InChI=1S/C11H17N/c12-9-1-5-11-6-2-10(3-7-11)4-8-11/h10H,1-8H2. The maximum absolute atomic E-state index is 8.57. The summed E-state index contributed by atoms with van der Waals surface area (Å²) in [7, 11) is 0. The van der Waals surface area contributed by atoms with E-state index in [4.69, 9.17) is 5.26 Å². The van der Waals surface area contributed by atoms with Gasteiger partial charge in [0.25, 0.3) is 0 Å². The van der Waals surface area contributed by atoms with E-state index < -0.39 is 0 Å². The maximum atomic E-state index is 8.57. The molecule has 3 rings (SSSR count). The Morgan fingerprint density at radius 1 is 1.17 bits per heavy atom. The molecule has 0 radical (unpaired) electrons. The summed E-state index contributed by atoms with van der Waals surface area (Å²) in [5.41, 5.74) is 0.616. The summed E-state index contributed by atoms with van der Waals surface area (Å²) in [6.45, 7) is 0. The number of hydrogen-bond acceptors (Lipinski definition) is 1. The van der Waals surface area contributed by atoms with Gasteiger partial charge in [0.2, 0.25) is 0 Å². The molecule has 3 aliphatic carbocycles. The third kappa shape index (κ3) is 1.35. The van der Waals surface area contributed by atoms with Crippen molar-refractivity contribution >= 4 is 0 Å². The third-order valence-corrected chi connectivity index (χ3v) is 4.02. The van der Waals surface area contributed by atoms with Crippen LogP contribution in [0.15, 0.2) is 0 Å². The third-order valence-electron chi connectivity index (χ3n) is 4.02. The summed E-state index contributed by atoms with van der Waals surface area (Å²) in [5.74, 6) is 1.05. The average Bonchev–Trinajstić information content (AvgIpc) is 2.18. The fourth-order valence-electron chi connectivity index (χ4n) is 3.04. The van der Waals surface area contributed by atoms with Crippen molar-refractivity contribution in [2.75, 3.05) is 0 Å². The van der Waals surface area contributed by atoms with Gasteiger partial charge in [-0.1, -0.05) is 0 Å². The lowest BCUT2D eigenvalue weighted by atomic mass is 9.59. The molecule has 3 aliphatic rings. The minimum Gasteiger partial charge on any atom is -0.198 e. The predicted octanol–water partition coefficient (Wildman–Crippen LogP) is 3.26. The van der Waals surface area contributed by atoms with Crippen LogP contribution in [0.3, 0.4) is 0 Å². The maximum Gasteiger partial charge on any atom is 0.0621 e. The quantitative estimate of drug-likeness (QED) is 0.613. The molecule has 0 aromatic heterocycles. The van der Waals surface area contributed by atoms with Gasteiger partial charge in [-0.3, -0.25) is 0 Å². The van der Waals surface area contributed by atoms with E-state index in [1.54, 1.807) is 0 Å². The number of nitrogens with zero attached hydrogens (tertiary/aromatic N) is 1. The van der Waals surface area contributed by atoms with Gasteiger partial charge in [0, 0.05) is 6.42 Å². The fourth-order valence-corrected chi connectivity index (χ4v) is 3.04. The Bertz CT molecular complexity index is 180. The summed E-state index contributed by atoms with van der Waals surface area (Å²) in [4.78, 5) is 0. The monoisotopic (exact) mass is 163 g/mol. The first-order valence-corrected chi connectivity index (χ1v) is 5.22. The zero-order chi connectivity index (χ0) is 8.44. The molecule has 3 saturated carbocycles. The Morgan fingerprint density at radius 2 is 1.75 bits per heavy atom. The first kappa shape index (κ1) is 8.10. The van der Waals surface area contributed by atoms with Gasteiger partial charge in [0.1, 0.15) is 0 Å². The van der Waals surface area contributed by atoms with Crippen LogP contribution in [0.2, 0.25) is 0 Å². The zero-order valence-corrected chi connectivity index (χ0v) is 7.68. The van der Waals surface area contributed by atoms with Gasteiger partial charge in [0.15, 0.2) is 0 Å². The van der Waals surface area contributed by atoms with Gasteiger partial charge in [-0.25, -0.2) is 0 Å².